The van der Waals surface area contributed by atoms with E-state index >= 15 is 0 Å². The van der Waals surface area contributed by atoms with Gasteiger partial charge in [-0.15, -0.1) is 0 Å². The Bertz CT molecular complexity index is 299. The Labute approximate surface area is 94.7 Å². The Morgan fingerprint density at radius 1 is 1.44 bits per heavy atom. The van der Waals surface area contributed by atoms with Crippen LogP contribution >= 0.6 is 0 Å². The summed E-state index contributed by atoms with van der Waals surface area (Å²) >= 11 is 0. The average Bonchev–Trinajstić information content (AvgIpc) is 2.17. The van der Waals surface area contributed by atoms with E-state index in [1.54, 1.807) is 4.72 Å². The van der Waals surface area contributed by atoms with Crippen molar-refractivity contribution in [3.63, 3.8) is 0 Å². The number of methoxy groups -OCH3 is 2. The molecule has 0 aromatic carbocycles. The quantitative estimate of drug-likeness (QED) is 0.511. The number of amides is 1. The van der Waals surface area contributed by atoms with Crippen LogP contribution in [-0.2, 0) is 19.7 Å². The average molecular weight is 255 g/mol. The van der Waals surface area contributed by atoms with E-state index in [1.807, 2.05) is 0 Å². The zero-order valence-electron chi connectivity index (χ0n) is 9.23. The fraction of sp³-hybridized carbons (Fsp3) is 0.857. The molecule has 0 rings (SSSR count). The Morgan fingerprint density at radius 2 is 2.06 bits per heavy atom. The zero-order chi connectivity index (χ0) is 12.6. The van der Waals surface area contributed by atoms with Crippen molar-refractivity contribution < 1.29 is 22.7 Å². The van der Waals surface area contributed by atoms with Crippen molar-refractivity contribution in [2.75, 3.05) is 27.4 Å². The van der Waals surface area contributed by atoms with Gasteiger partial charge in [-0.05, 0) is 13.0 Å². The Balaban J connectivity index is 4.35. The Hall–Kier alpha value is -0.900. The first-order valence-electron chi connectivity index (χ1n) is 4.52. The molecule has 16 heavy (non-hydrogen) atoms. The lowest BCUT2D eigenvalue weighted by molar-refractivity contribution is 0.170. The summed E-state index contributed by atoms with van der Waals surface area (Å²) in [5.41, 5.74) is 5.30. The summed E-state index contributed by atoms with van der Waals surface area (Å²) in [7, 11) is -1.44. The van der Waals surface area contributed by atoms with Crippen molar-refractivity contribution in [2.45, 2.75) is 12.5 Å². The number of carbonyl (C=O) groups excluding carboxylic acids is 1. The third-order valence-corrected chi connectivity index (χ3v) is 2.69. The van der Waals surface area contributed by atoms with E-state index in [9.17, 15) is 13.2 Å². The van der Waals surface area contributed by atoms with Crippen LogP contribution in [0.3, 0.4) is 0 Å². The molecule has 9 heteroatoms. The number of nitrogens with two attached hydrogens (primary N) is 1. The second kappa shape index (κ2) is 7.39. The third-order valence-electron chi connectivity index (χ3n) is 1.61. The maximum absolute atomic E-state index is 11.3. The molecule has 0 spiro atoms. The number of hydrogen-bond donors (Lipinski definition) is 3. The SMILES string of the molecule is COCC(CCN)NS(=O)(=O)NC(=O)OC. The molecular formula is C7H17N3O5S. The van der Waals surface area contributed by atoms with Gasteiger partial charge in [0.15, 0.2) is 0 Å². The first-order chi connectivity index (χ1) is 7.45. The predicted molar refractivity (Wildman–Crippen MR) is 56.9 cm³/mol. The number of ether oxygens (including phenoxy) is 2. The summed E-state index contributed by atoms with van der Waals surface area (Å²) in [5.74, 6) is 0. The van der Waals surface area contributed by atoms with Gasteiger partial charge in [0.05, 0.1) is 13.7 Å². The Morgan fingerprint density at radius 3 is 2.50 bits per heavy atom. The van der Waals surface area contributed by atoms with E-state index in [-0.39, 0.29) is 6.61 Å². The van der Waals surface area contributed by atoms with Gasteiger partial charge in [0.25, 0.3) is 0 Å². The smallest absolute Gasteiger partial charge is 0.421 e. The molecule has 0 saturated carbocycles. The fourth-order valence-electron chi connectivity index (χ4n) is 0.979. The van der Waals surface area contributed by atoms with Crippen LogP contribution < -0.4 is 15.2 Å². The third kappa shape index (κ3) is 6.56. The first-order valence-corrected chi connectivity index (χ1v) is 6.00. The molecule has 0 radical (unpaired) electrons. The molecule has 96 valence electrons. The maximum Gasteiger partial charge on any atom is 0.421 e. The highest BCUT2D eigenvalue weighted by atomic mass is 32.2. The molecule has 0 aromatic rings. The van der Waals surface area contributed by atoms with E-state index in [1.165, 1.54) is 7.11 Å². The van der Waals surface area contributed by atoms with Gasteiger partial charge in [0, 0.05) is 13.2 Å². The van der Waals surface area contributed by atoms with Gasteiger partial charge in [0.1, 0.15) is 0 Å². The molecule has 0 aliphatic rings. The van der Waals surface area contributed by atoms with Crippen LogP contribution in [0.5, 0.6) is 0 Å². The highest BCUT2D eigenvalue weighted by Crippen LogP contribution is 1.94. The van der Waals surface area contributed by atoms with Crippen molar-refractivity contribution >= 4 is 16.3 Å². The highest BCUT2D eigenvalue weighted by molar-refractivity contribution is 7.88. The van der Waals surface area contributed by atoms with E-state index < -0.39 is 22.3 Å². The van der Waals surface area contributed by atoms with Crippen LogP contribution in [0.4, 0.5) is 4.79 Å². The molecule has 0 aromatic heterocycles. The van der Waals surface area contributed by atoms with Crippen LogP contribution in [0.1, 0.15) is 6.42 Å². The topological polar surface area (TPSA) is 120 Å². The molecule has 0 aliphatic carbocycles. The van der Waals surface area contributed by atoms with Crippen molar-refractivity contribution in [1.29, 1.82) is 0 Å². The molecule has 1 unspecified atom stereocenters. The molecule has 0 fully saturated rings. The molecule has 8 nitrogen and oxygen atoms in total. The van der Waals surface area contributed by atoms with E-state index in [4.69, 9.17) is 10.5 Å². The molecule has 4 N–H and O–H groups in total. The number of rotatable bonds is 7. The van der Waals surface area contributed by atoms with Crippen molar-refractivity contribution in [3.05, 3.63) is 0 Å². The van der Waals surface area contributed by atoms with Gasteiger partial charge in [-0.25, -0.2) is 9.52 Å². The summed E-state index contributed by atoms with van der Waals surface area (Å²) in [4.78, 5) is 10.7. The lowest BCUT2D eigenvalue weighted by atomic mass is 10.2. The minimum Gasteiger partial charge on any atom is -0.452 e. The van der Waals surface area contributed by atoms with Crippen LogP contribution in [0.2, 0.25) is 0 Å². The van der Waals surface area contributed by atoms with Gasteiger partial charge in [-0.2, -0.15) is 13.1 Å². The van der Waals surface area contributed by atoms with E-state index in [0.717, 1.165) is 7.11 Å². The van der Waals surface area contributed by atoms with Gasteiger partial charge >= 0.3 is 16.3 Å². The van der Waals surface area contributed by atoms with Crippen LogP contribution in [0, 0.1) is 0 Å². The fourth-order valence-corrected chi connectivity index (χ4v) is 1.97. The molecule has 1 atom stereocenters. The van der Waals surface area contributed by atoms with Crippen molar-refractivity contribution in [1.82, 2.24) is 9.44 Å². The van der Waals surface area contributed by atoms with Gasteiger partial charge < -0.3 is 15.2 Å². The highest BCUT2D eigenvalue weighted by Gasteiger charge is 2.19. The largest absolute Gasteiger partial charge is 0.452 e. The van der Waals surface area contributed by atoms with Crippen molar-refractivity contribution in [3.8, 4) is 0 Å². The normalized spacial score (nSPS) is 13.2. The Kier molecular flexibility index (Phi) is 6.97. The van der Waals surface area contributed by atoms with Crippen LogP contribution in [0.25, 0.3) is 0 Å². The molecule has 0 aliphatic heterocycles. The lowest BCUT2D eigenvalue weighted by Crippen LogP contribution is -2.47. The summed E-state index contributed by atoms with van der Waals surface area (Å²) in [6.07, 6.45) is -0.660. The van der Waals surface area contributed by atoms with Crippen LogP contribution in [0.15, 0.2) is 0 Å². The van der Waals surface area contributed by atoms with Gasteiger partial charge in [-0.3, -0.25) is 0 Å². The number of nitrogens with one attached hydrogen (secondary N) is 2. The van der Waals surface area contributed by atoms with Crippen molar-refractivity contribution in [2.24, 2.45) is 5.73 Å². The molecular weight excluding hydrogens is 238 g/mol. The van der Waals surface area contributed by atoms with Gasteiger partial charge in [-0.1, -0.05) is 0 Å². The summed E-state index contributed by atoms with van der Waals surface area (Å²) in [6.45, 7) is 0.466. The molecule has 0 bridgehead atoms. The summed E-state index contributed by atoms with van der Waals surface area (Å²) < 4.78 is 35.5. The summed E-state index contributed by atoms with van der Waals surface area (Å²) in [5, 5.41) is 0. The maximum atomic E-state index is 11.3. The van der Waals surface area contributed by atoms with Gasteiger partial charge in [0.2, 0.25) is 0 Å². The number of carbonyl (C=O) groups is 1. The summed E-state index contributed by atoms with van der Waals surface area (Å²) in [6, 6.07) is -0.489. The minimum absolute atomic E-state index is 0.166. The predicted octanol–water partition coefficient (Wildman–Crippen LogP) is -1.46. The van der Waals surface area contributed by atoms with E-state index in [2.05, 4.69) is 9.46 Å². The van der Waals surface area contributed by atoms with Crippen LogP contribution in [-0.4, -0.2) is 47.9 Å². The zero-order valence-corrected chi connectivity index (χ0v) is 10.0. The molecule has 0 saturated heterocycles. The van der Waals surface area contributed by atoms with E-state index in [0.29, 0.717) is 13.0 Å². The monoisotopic (exact) mass is 255 g/mol. The lowest BCUT2D eigenvalue weighted by Gasteiger charge is -2.16. The second-order valence-electron chi connectivity index (χ2n) is 2.94. The minimum atomic E-state index is -3.95. The molecule has 0 heterocycles. The second-order valence-corrected chi connectivity index (χ2v) is 4.39. The molecule has 1 amide bonds. The standard InChI is InChI=1S/C7H17N3O5S/c1-14-5-6(3-4-8)9-16(12,13)10-7(11)15-2/h6,9H,3-5,8H2,1-2H3,(H,10,11). The first kappa shape index (κ1) is 15.1. The number of hydrogen-bond acceptors (Lipinski definition) is 6.